The van der Waals surface area contributed by atoms with E-state index in [0.717, 1.165) is 13.0 Å². The molecule has 2 heteroatoms. The fraction of sp³-hybridized carbons (Fsp3) is 0.375. The summed E-state index contributed by atoms with van der Waals surface area (Å²) in [6.45, 7) is 5.41. The highest BCUT2D eigenvalue weighted by Crippen LogP contribution is 2.10. The minimum Gasteiger partial charge on any atom is -0.309 e. The molecule has 96 valence electrons. The lowest BCUT2D eigenvalue weighted by molar-refractivity contribution is 0.516. The van der Waals surface area contributed by atoms with Gasteiger partial charge in [-0.1, -0.05) is 35.9 Å². The Kier molecular flexibility index (Phi) is 4.97. The molecule has 1 aromatic heterocycles. The summed E-state index contributed by atoms with van der Waals surface area (Å²) in [4.78, 5) is 1.41. The third-order valence-electron chi connectivity index (χ3n) is 3.15. The van der Waals surface area contributed by atoms with Crippen LogP contribution in [0.3, 0.4) is 0 Å². The quantitative estimate of drug-likeness (QED) is 0.821. The van der Waals surface area contributed by atoms with Crippen molar-refractivity contribution in [3.8, 4) is 0 Å². The second-order valence-corrected chi connectivity index (χ2v) is 5.92. The van der Waals surface area contributed by atoms with Crippen molar-refractivity contribution in [3.05, 3.63) is 57.8 Å². The van der Waals surface area contributed by atoms with Crippen LogP contribution in [0.4, 0.5) is 0 Å². The van der Waals surface area contributed by atoms with Crippen LogP contribution in [0.15, 0.2) is 41.8 Å². The normalized spacial score (nSPS) is 12.6. The Morgan fingerprint density at radius 1 is 1.22 bits per heavy atom. The summed E-state index contributed by atoms with van der Waals surface area (Å²) in [5.41, 5.74) is 2.80. The van der Waals surface area contributed by atoms with Gasteiger partial charge in [0.25, 0.3) is 0 Å². The summed E-state index contributed by atoms with van der Waals surface area (Å²) in [5.74, 6) is 0. The van der Waals surface area contributed by atoms with Crippen LogP contribution in [-0.4, -0.2) is 6.04 Å². The van der Waals surface area contributed by atoms with Crippen molar-refractivity contribution in [1.82, 2.24) is 5.32 Å². The van der Waals surface area contributed by atoms with Crippen LogP contribution in [0.5, 0.6) is 0 Å². The van der Waals surface area contributed by atoms with Crippen LogP contribution >= 0.6 is 11.3 Å². The maximum Gasteiger partial charge on any atom is 0.0302 e. The first kappa shape index (κ1) is 13.3. The minimum absolute atomic E-state index is 0.563. The topological polar surface area (TPSA) is 12.0 Å². The molecule has 1 atom stereocenters. The zero-order valence-electron chi connectivity index (χ0n) is 11.1. The molecule has 1 N–H and O–H groups in total. The van der Waals surface area contributed by atoms with E-state index in [1.165, 1.54) is 22.4 Å². The van der Waals surface area contributed by atoms with Crippen molar-refractivity contribution in [1.29, 1.82) is 0 Å². The summed E-state index contributed by atoms with van der Waals surface area (Å²) in [5, 5.41) is 5.71. The van der Waals surface area contributed by atoms with Crippen LogP contribution < -0.4 is 5.32 Å². The van der Waals surface area contributed by atoms with Crippen LogP contribution in [-0.2, 0) is 13.0 Å². The Hall–Kier alpha value is -1.12. The van der Waals surface area contributed by atoms with Crippen molar-refractivity contribution >= 4 is 11.3 Å². The molecule has 0 spiro atoms. The molecule has 18 heavy (non-hydrogen) atoms. The van der Waals surface area contributed by atoms with Crippen LogP contribution in [0.2, 0.25) is 0 Å². The zero-order valence-corrected chi connectivity index (χ0v) is 12.0. The second kappa shape index (κ2) is 6.72. The van der Waals surface area contributed by atoms with E-state index in [1.54, 1.807) is 0 Å². The second-order valence-electron chi connectivity index (χ2n) is 4.89. The van der Waals surface area contributed by atoms with E-state index in [9.17, 15) is 0 Å². The lowest BCUT2D eigenvalue weighted by Crippen LogP contribution is -2.25. The van der Waals surface area contributed by atoms with E-state index in [0.29, 0.717) is 6.04 Å². The standard InChI is InChI=1S/C16H21NS/c1-13-5-3-6-15(11-13)9-8-14(2)17-12-16-7-4-10-18-16/h3-7,10-11,14,17H,8-9,12H2,1-2H3. The first-order valence-corrected chi connectivity index (χ1v) is 7.43. The molecule has 1 heterocycles. The molecule has 0 aliphatic rings. The van der Waals surface area contributed by atoms with Gasteiger partial charge in [0, 0.05) is 17.5 Å². The van der Waals surface area contributed by atoms with E-state index in [4.69, 9.17) is 0 Å². The van der Waals surface area contributed by atoms with Gasteiger partial charge in [0.2, 0.25) is 0 Å². The molecule has 1 unspecified atom stereocenters. The SMILES string of the molecule is Cc1cccc(CCC(C)NCc2cccs2)c1. The van der Waals surface area contributed by atoms with Gasteiger partial charge in [-0.05, 0) is 43.7 Å². The predicted octanol–water partition coefficient (Wildman–Crippen LogP) is 4.17. The summed E-state index contributed by atoms with van der Waals surface area (Å²) in [6.07, 6.45) is 2.34. The van der Waals surface area contributed by atoms with Gasteiger partial charge in [-0.25, -0.2) is 0 Å². The fourth-order valence-corrected chi connectivity index (χ4v) is 2.70. The van der Waals surface area contributed by atoms with Crippen LogP contribution in [0, 0.1) is 6.92 Å². The van der Waals surface area contributed by atoms with Crippen molar-refractivity contribution in [3.63, 3.8) is 0 Å². The molecule has 2 rings (SSSR count). The number of aryl methyl sites for hydroxylation is 2. The molecule has 0 saturated carbocycles. The van der Waals surface area contributed by atoms with E-state index in [1.807, 2.05) is 11.3 Å². The largest absolute Gasteiger partial charge is 0.309 e. The van der Waals surface area contributed by atoms with Gasteiger partial charge >= 0.3 is 0 Å². The van der Waals surface area contributed by atoms with Crippen molar-refractivity contribution < 1.29 is 0 Å². The highest BCUT2D eigenvalue weighted by molar-refractivity contribution is 7.09. The van der Waals surface area contributed by atoms with Crippen LogP contribution in [0.1, 0.15) is 29.3 Å². The molecule has 1 aromatic carbocycles. The highest BCUT2D eigenvalue weighted by atomic mass is 32.1. The maximum absolute atomic E-state index is 3.58. The van der Waals surface area contributed by atoms with Gasteiger partial charge in [0.1, 0.15) is 0 Å². The van der Waals surface area contributed by atoms with Gasteiger partial charge < -0.3 is 5.32 Å². The molecule has 0 saturated heterocycles. The maximum atomic E-state index is 3.58. The number of nitrogens with one attached hydrogen (secondary N) is 1. The van der Waals surface area contributed by atoms with Crippen molar-refractivity contribution in [2.45, 2.75) is 39.3 Å². The molecule has 1 nitrogen and oxygen atoms in total. The fourth-order valence-electron chi connectivity index (χ4n) is 2.04. The highest BCUT2D eigenvalue weighted by Gasteiger charge is 2.03. The summed E-state index contributed by atoms with van der Waals surface area (Å²) >= 11 is 1.82. The van der Waals surface area contributed by atoms with Gasteiger partial charge in [-0.15, -0.1) is 11.3 Å². The average molecular weight is 259 g/mol. The molecule has 0 radical (unpaired) electrons. The monoisotopic (exact) mass is 259 g/mol. The Morgan fingerprint density at radius 2 is 2.11 bits per heavy atom. The number of rotatable bonds is 6. The Balaban J connectivity index is 1.73. The Labute approximate surface area is 114 Å². The summed E-state index contributed by atoms with van der Waals surface area (Å²) < 4.78 is 0. The van der Waals surface area contributed by atoms with Gasteiger partial charge in [-0.3, -0.25) is 0 Å². The summed E-state index contributed by atoms with van der Waals surface area (Å²) in [7, 11) is 0. The van der Waals surface area contributed by atoms with Crippen molar-refractivity contribution in [2.24, 2.45) is 0 Å². The first-order chi connectivity index (χ1) is 8.74. The van der Waals surface area contributed by atoms with Crippen molar-refractivity contribution in [2.75, 3.05) is 0 Å². The molecular formula is C16H21NS. The van der Waals surface area contributed by atoms with Gasteiger partial charge in [-0.2, -0.15) is 0 Å². The first-order valence-electron chi connectivity index (χ1n) is 6.55. The Morgan fingerprint density at radius 3 is 2.83 bits per heavy atom. The number of hydrogen-bond donors (Lipinski definition) is 1. The smallest absolute Gasteiger partial charge is 0.0302 e. The number of benzene rings is 1. The lowest BCUT2D eigenvalue weighted by atomic mass is 10.0. The van der Waals surface area contributed by atoms with E-state index in [-0.39, 0.29) is 0 Å². The van der Waals surface area contributed by atoms with E-state index < -0.39 is 0 Å². The van der Waals surface area contributed by atoms with E-state index in [2.05, 4.69) is 60.9 Å². The third-order valence-corrected chi connectivity index (χ3v) is 4.03. The lowest BCUT2D eigenvalue weighted by Gasteiger charge is -2.13. The van der Waals surface area contributed by atoms with E-state index >= 15 is 0 Å². The predicted molar refractivity (Wildman–Crippen MR) is 80.1 cm³/mol. The molecule has 2 aromatic rings. The number of hydrogen-bond acceptors (Lipinski definition) is 2. The van der Waals surface area contributed by atoms with Crippen LogP contribution in [0.25, 0.3) is 0 Å². The molecule has 0 fully saturated rings. The molecule has 0 aliphatic heterocycles. The molecule has 0 bridgehead atoms. The average Bonchev–Trinajstić information content (AvgIpc) is 2.87. The minimum atomic E-state index is 0.563. The summed E-state index contributed by atoms with van der Waals surface area (Å²) in [6, 6.07) is 13.7. The number of thiophene rings is 1. The van der Waals surface area contributed by atoms with Gasteiger partial charge in [0.05, 0.1) is 0 Å². The Bertz CT molecular complexity index is 462. The molecular weight excluding hydrogens is 238 g/mol. The zero-order chi connectivity index (χ0) is 12.8. The molecule has 0 aliphatic carbocycles. The molecule has 0 amide bonds. The third kappa shape index (κ3) is 4.28. The van der Waals surface area contributed by atoms with Gasteiger partial charge in [0.15, 0.2) is 0 Å².